The Bertz CT molecular complexity index is 1610. The Kier molecular flexibility index (Phi) is 8.86. The Morgan fingerprint density at radius 2 is 1.75 bits per heavy atom. The average molecular weight is 565 g/mol. The number of ether oxygens (including phenoxy) is 2. The molecule has 0 unspecified atom stereocenters. The third-order valence-electron chi connectivity index (χ3n) is 6.36. The van der Waals surface area contributed by atoms with E-state index in [0.29, 0.717) is 29.1 Å². The second-order valence-electron chi connectivity index (χ2n) is 9.34. The Morgan fingerprint density at radius 3 is 2.40 bits per heavy atom. The molecule has 4 aromatic rings. The van der Waals surface area contributed by atoms with Gasteiger partial charge in [0, 0.05) is 32.6 Å². The number of carbonyl (C=O) groups is 2. The number of hydrazine groups is 1. The molecular formula is C29H32N4O6S. The molecule has 0 N–H and O–H groups in total. The van der Waals surface area contributed by atoms with Gasteiger partial charge in [0.1, 0.15) is 11.3 Å². The Labute approximate surface area is 233 Å². The van der Waals surface area contributed by atoms with E-state index in [4.69, 9.17) is 14.5 Å². The zero-order valence-electron chi connectivity index (χ0n) is 22.9. The minimum atomic E-state index is -4.21. The summed E-state index contributed by atoms with van der Waals surface area (Å²) in [6.45, 7) is 2.59. The van der Waals surface area contributed by atoms with Gasteiger partial charge in [-0.1, -0.05) is 61.9 Å². The molecular weight excluding hydrogens is 532 g/mol. The number of aryl methyl sites for hydroxylation is 1. The summed E-state index contributed by atoms with van der Waals surface area (Å²) in [4.78, 5) is 28.1. The molecule has 10 nitrogen and oxygen atoms in total. The monoisotopic (exact) mass is 564 g/mol. The topological polar surface area (TPSA) is 111 Å². The summed E-state index contributed by atoms with van der Waals surface area (Å²) in [5.41, 5.74) is 4.13. The molecule has 0 radical (unpaired) electrons. The van der Waals surface area contributed by atoms with Gasteiger partial charge in [0.05, 0.1) is 18.3 Å². The summed E-state index contributed by atoms with van der Waals surface area (Å²) in [7, 11) is 0.173. The summed E-state index contributed by atoms with van der Waals surface area (Å²) >= 11 is 0. The molecule has 1 heterocycles. The van der Waals surface area contributed by atoms with Crippen LogP contribution in [0.5, 0.6) is 5.75 Å². The van der Waals surface area contributed by atoms with E-state index in [-0.39, 0.29) is 5.62 Å². The van der Waals surface area contributed by atoms with E-state index in [9.17, 15) is 18.0 Å². The van der Waals surface area contributed by atoms with Crippen molar-refractivity contribution in [2.75, 3.05) is 25.6 Å². The maximum absolute atomic E-state index is 12.6. The van der Waals surface area contributed by atoms with Crippen LogP contribution in [0.4, 0.5) is 10.5 Å². The molecule has 0 saturated heterocycles. The maximum Gasteiger partial charge on any atom is 0.513 e. The Hall–Kier alpha value is -4.22. The standard InChI is InChI=1S/C29H32N4O6S/c1-5-6-14-27-30-24-11-9-13-26(39-29(35)38-4)28(24)32(27)19-21-15-17-22(18-16-21)23-10-7-8-12-25(23)33(31(2)3)40(36,37)20-34/h7-13,15-18,20H,5-6,14,19H2,1-4H3. The second-order valence-corrected chi connectivity index (χ2v) is 10.9. The molecule has 0 saturated carbocycles. The van der Waals surface area contributed by atoms with Gasteiger partial charge in [0.15, 0.2) is 5.75 Å². The van der Waals surface area contributed by atoms with E-state index in [1.807, 2.05) is 42.5 Å². The van der Waals surface area contributed by atoms with Crippen molar-refractivity contribution in [2.45, 2.75) is 32.7 Å². The number of para-hydroxylation sites is 2. The van der Waals surface area contributed by atoms with Crippen LogP contribution < -0.4 is 9.15 Å². The van der Waals surface area contributed by atoms with Gasteiger partial charge >= 0.3 is 16.2 Å². The van der Waals surface area contributed by atoms with E-state index in [2.05, 4.69) is 11.5 Å². The largest absolute Gasteiger partial charge is 0.513 e. The highest BCUT2D eigenvalue weighted by atomic mass is 32.2. The van der Waals surface area contributed by atoms with Crippen molar-refractivity contribution in [3.63, 3.8) is 0 Å². The molecule has 210 valence electrons. The van der Waals surface area contributed by atoms with Gasteiger partial charge in [-0.25, -0.2) is 14.8 Å². The van der Waals surface area contributed by atoms with Crippen LogP contribution in [-0.2, 0) is 32.5 Å². The van der Waals surface area contributed by atoms with Crippen LogP contribution in [0, 0.1) is 0 Å². The minimum absolute atomic E-state index is 0.0589. The van der Waals surface area contributed by atoms with Crippen molar-refractivity contribution in [3.05, 3.63) is 78.1 Å². The highest BCUT2D eigenvalue weighted by Gasteiger charge is 2.26. The van der Waals surface area contributed by atoms with Crippen LogP contribution in [0.3, 0.4) is 0 Å². The van der Waals surface area contributed by atoms with Crippen LogP contribution in [0.25, 0.3) is 22.2 Å². The zero-order chi connectivity index (χ0) is 28.9. The number of benzene rings is 3. The van der Waals surface area contributed by atoms with E-state index in [1.54, 1.807) is 38.4 Å². The maximum atomic E-state index is 12.6. The first-order valence-electron chi connectivity index (χ1n) is 12.8. The molecule has 0 amide bonds. The molecule has 0 atom stereocenters. The third-order valence-corrected chi connectivity index (χ3v) is 7.61. The first kappa shape index (κ1) is 28.8. The van der Waals surface area contributed by atoms with Gasteiger partial charge in [-0.05, 0) is 35.7 Å². The van der Waals surface area contributed by atoms with Gasteiger partial charge in [0.25, 0.3) is 5.62 Å². The highest BCUT2D eigenvalue weighted by Crippen LogP contribution is 2.34. The summed E-state index contributed by atoms with van der Waals surface area (Å²) in [6.07, 6.45) is 1.92. The first-order valence-corrected chi connectivity index (χ1v) is 14.3. The lowest BCUT2D eigenvalue weighted by Crippen LogP contribution is -2.42. The van der Waals surface area contributed by atoms with E-state index < -0.39 is 16.2 Å². The fourth-order valence-corrected chi connectivity index (χ4v) is 5.56. The van der Waals surface area contributed by atoms with Gasteiger partial charge in [-0.3, -0.25) is 4.79 Å². The molecule has 0 spiro atoms. The molecule has 0 aliphatic heterocycles. The molecule has 0 aliphatic carbocycles. The van der Waals surface area contributed by atoms with Gasteiger partial charge in [-0.15, -0.1) is 0 Å². The van der Waals surface area contributed by atoms with Crippen LogP contribution in [0.1, 0.15) is 31.2 Å². The summed E-state index contributed by atoms with van der Waals surface area (Å²) in [5, 5.41) is 1.35. The second kappa shape index (κ2) is 12.3. The molecule has 11 heteroatoms. The van der Waals surface area contributed by atoms with Crippen molar-refractivity contribution in [3.8, 4) is 16.9 Å². The molecule has 0 bridgehead atoms. The molecule has 3 aromatic carbocycles. The quantitative estimate of drug-likeness (QED) is 0.108. The zero-order valence-corrected chi connectivity index (χ0v) is 23.7. The lowest BCUT2D eigenvalue weighted by atomic mass is 10.0. The van der Waals surface area contributed by atoms with Gasteiger partial charge in [0.2, 0.25) is 0 Å². The van der Waals surface area contributed by atoms with E-state index >= 15 is 0 Å². The fourth-order valence-electron chi connectivity index (χ4n) is 4.59. The number of carbonyl (C=O) groups excluding carboxylic acids is 2. The summed E-state index contributed by atoms with van der Waals surface area (Å²) in [6, 6.07) is 20.1. The average Bonchev–Trinajstić information content (AvgIpc) is 3.30. The number of aromatic nitrogens is 2. The number of anilines is 1. The number of imidazole rings is 1. The highest BCUT2D eigenvalue weighted by molar-refractivity contribution is 8.05. The van der Waals surface area contributed by atoms with Crippen LogP contribution in [0.15, 0.2) is 66.7 Å². The van der Waals surface area contributed by atoms with Gasteiger partial charge in [-0.2, -0.15) is 12.8 Å². The lowest BCUT2D eigenvalue weighted by Gasteiger charge is -2.29. The van der Waals surface area contributed by atoms with Crippen LogP contribution in [-0.4, -0.2) is 56.0 Å². The number of sulfonamides is 1. The molecule has 1 aromatic heterocycles. The van der Waals surface area contributed by atoms with Crippen molar-refractivity contribution in [1.29, 1.82) is 0 Å². The SMILES string of the molecule is CCCCc1nc2cccc(OC(=O)OC)c2n1Cc1ccc(-c2ccccc2N(N(C)C)S(=O)(=O)C=O)cc1. The molecule has 4 rings (SSSR count). The minimum Gasteiger partial charge on any atom is -0.437 e. The predicted molar refractivity (Wildman–Crippen MR) is 154 cm³/mol. The van der Waals surface area contributed by atoms with Gasteiger partial charge < -0.3 is 14.0 Å². The summed E-state index contributed by atoms with van der Waals surface area (Å²) < 4.78 is 38.3. The van der Waals surface area contributed by atoms with Crippen LogP contribution in [0.2, 0.25) is 0 Å². The number of unbranched alkanes of at least 4 members (excludes halogenated alkanes) is 1. The molecule has 0 aliphatic rings. The molecule has 40 heavy (non-hydrogen) atoms. The normalized spacial score (nSPS) is 11.5. The third kappa shape index (κ3) is 6.00. The number of methoxy groups -OCH3 is 1. The predicted octanol–water partition coefficient (Wildman–Crippen LogP) is 5.04. The summed E-state index contributed by atoms with van der Waals surface area (Å²) in [5.74, 6) is 1.25. The number of fused-ring (bicyclic) bond motifs is 1. The Balaban J connectivity index is 1.74. The number of hydrogen-bond acceptors (Lipinski definition) is 8. The number of hydrogen-bond donors (Lipinski definition) is 0. The number of rotatable bonds is 11. The van der Waals surface area contributed by atoms with Crippen LogP contribution >= 0.6 is 0 Å². The smallest absolute Gasteiger partial charge is 0.437 e. The first-order chi connectivity index (χ1) is 19.2. The van der Waals surface area contributed by atoms with E-state index in [0.717, 1.165) is 46.1 Å². The number of nitrogens with zero attached hydrogens (tertiary/aromatic N) is 4. The van der Waals surface area contributed by atoms with Crippen molar-refractivity contribution in [1.82, 2.24) is 14.6 Å². The van der Waals surface area contributed by atoms with Crippen molar-refractivity contribution >= 4 is 38.5 Å². The fraction of sp³-hybridized carbons (Fsp3) is 0.276. The van der Waals surface area contributed by atoms with Crippen molar-refractivity contribution in [2.24, 2.45) is 0 Å². The molecule has 0 fully saturated rings. The van der Waals surface area contributed by atoms with E-state index in [1.165, 1.54) is 12.1 Å². The van der Waals surface area contributed by atoms with Crippen molar-refractivity contribution < 1.29 is 27.5 Å². The Morgan fingerprint density at radius 1 is 1.02 bits per heavy atom. The lowest BCUT2D eigenvalue weighted by molar-refractivity contribution is 0.122.